The largest absolute Gasteiger partial charge is 0.489 e. The molecule has 0 saturated carbocycles. The van der Waals surface area contributed by atoms with Gasteiger partial charge in [-0.15, -0.1) is 0 Å². The fraction of sp³-hybridized carbons (Fsp3) is 0.529. The number of nitrogens with zero attached hydrogens (tertiary/aromatic N) is 1. The zero-order chi connectivity index (χ0) is 17.1. The normalized spacial score (nSPS) is 23.6. The zero-order valence-corrected chi connectivity index (χ0v) is 13.6. The molecule has 2 saturated heterocycles. The van der Waals surface area contributed by atoms with Gasteiger partial charge in [-0.3, -0.25) is 9.59 Å². The minimum Gasteiger partial charge on any atom is -0.489 e. The summed E-state index contributed by atoms with van der Waals surface area (Å²) in [7, 11) is 1.66. The standard InChI is InChI=1S/C17H21FN2O4/c1-20-9-11(7-16(20)21)17(22)19-14-8-12(18)4-5-15(14)24-10-13-3-2-6-23-13/h4-5,8,11,13H,2-3,6-7,9-10H2,1H3,(H,19,22)/t11-,13+/m0/s1. The summed E-state index contributed by atoms with van der Waals surface area (Å²) in [5.74, 6) is -0.867. The van der Waals surface area contributed by atoms with E-state index in [1.807, 2.05) is 0 Å². The summed E-state index contributed by atoms with van der Waals surface area (Å²) in [5, 5.41) is 2.69. The number of carbonyl (C=O) groups is 2. The lowest BCUT2D eigenvalue weighted by atomic mass is 10.1. The second-order valence-corrected chi connectivity index (χ2v) is 6.25. The molecule has 2 heterocycles. The van der Waals surface area contributed by atoms with E-state index < -0.39 is 11.7 Å². The summed E-state index contributed by atoms with van der Waals surface area (Å²) in [5.41, 5.74) is 0.278. The van der Waals surface area contributed by atoms with E-state index in [9.17, 15) is 14.0 Å². The Morgan fingerprint density at radius 3 is 3.00 bits per heavy atom. The quantitative estimate of drug-likeness (QED) is 0.890. The second kappa shape index (κ2) is 7.17. The lowest BCUT2D eigenvalue weighted by Crippen LogP contribution is -2.26. The monoisotopic (exact) mass is 336 g/mol. The number of hydrogen-bond donors (Lipinski definition) is 1. The van der Waals surface area contributed by atoms with E-state index in [1.54, 1.807) is 7.05 Å². The van der Waals surface area contributed by atoms with Crippen LogP contribution in [0.3, 0.4) is 0 Å². The predicted octanol–water partition coefficient (Wildman–Crippen LogP) is 1.80. The first kappa shape index (κ1) is 16.7. The average molecular weight is 336 g/mol. The van der Waals surface area contributed by atoms with Crippen LogP contribution in [0.4, 0.5) is 10.1 Å². The number of likely N-dealkylation sites (tertiary alicyclic amines) is 1. The van der Waals surface area contributed by atoms with Gasteiger partial charge in [0.2, 0.25) is 11.8 Å². The highest BCUT2D eigenvalue weighted by Gasteiger charge is 2.32. The molecule has 0 bridgehead atoms. The van der Waals surface area contributed by atoms with Crippen LogP contribution in [0.25, 0.3) is 0 Å². The average Bonchev–Trinajstić information content (AvgIpc) is 3.17. The Balaban J connectivity index is 1.66. The maximum Gasteiger partial charge on any atom is 0.229 e. The lowest BCUT2D eigenvalue weighted by molar-refractivity contribution is -0.127. The third-order valence-electron chi connectivity index (χ3n) is 4.36. The van der Waals surface area contributed by atoms with Crippen LogP contribution >= 0.6 is 0 Å². The molecule has 1 aromatic carbocycles. The molecule has 2 atom stereocenters. The summed E-state index contributed by atoms with van der Waals surface area (Å²) in [6.07, 6.45) is 2.13. The minimum absolute atomic E-state index is 0.0275. The van der Waals surface area contributed by atoms with Gasteiger partial charge in [0.1, 0.15) is 18.2 Å². The number of ether oxygens (including phenoxy) is 2. The van der Waals surface area contributed by atoms with Crippen LogP contribution < -0.4 is 10.1 Å². The molecular weight excluding hydrogens is 315 g/mol. The molecule has 7 heteroatoms. The van der Waals surface area contributed by atoms with Crippen molar-refractivity contribution >= 4 is 17.5 Å². The van der Waals surface area contributed by atoms with Crippen molar-refractivity contribution in [3.63, 3.8) is 0 Å². The first-order valence-corrected chi connectivity index (χ1v) is 8.11. The number of carbonyl (C=O) groups excluding carboxylic acids is 2. The van der Waals surface area contributed by atoms with Crippen LogP contribution in [0.15, 0.2) is 18.2 Å². The van der Waals surface area contributed by atoms with Crippen molar-refractivity contribution < 1.29 is 23.5 Å². The van der Waals surface area contributed by atoms with Gasteiger partial charge in [0.25, 0.3) is 0 Å². The Labute approximate surface area is 139 Å². The number of nitrogens with one attached hydrogen (secondary N) is 1. The Morgan fingerprint density at radius 1 is 1.50 bits per heavy atom. The van der Waals surface area contributed by atoms with Crippen molar-refractivity contribution in [2.45, 2.75) is 25.4 Å². The maximum absolute atomic E-state index is 13.5. The molecule has 0 radical (unpaired) electrons. The minimum atomic E-state index is -0.464. The van der Waals surface area contributed by atoms with E-state index in [-0.39, 0.29) is 30.0 Å². The number of rotatable bonds is 5. The van der Waals surface area contributed by atoms with Gasteiger partial charge in [0.15, 0.2) is 0 Å². The third kappa shape index (κ3) is 3.84. The smallest absolute Gasteiger partial charge is 0.229 e. The first-order valence-electron chi connectivity index (χ1n) is 8.11. The predicted molar refractivity (Wildman–Crippen MR) is 85.2 cm³/mol. The summed E-state index contributed by atoms with van der Waals surface area (Å²) >= 11 is 0. The van der Waals surface area contributed by atoms with E-state index in [0.29, 0.717) is 18.9 Å². The number of anilines is 1. The third-order valence-corrected chi connectivity index (χ3v) is 4.36. The molecule has 0 aliphatic carbocycles. The van der Waals surface area contributed by atoms with Gasteiger partial charge < -0.3 is 19.7 Å². The van der Waals surface area contributed by atoms with Gasteiger partial charge in [-0.1, -0.05) is 0 Å². The highest BCUT2D eigenvalue weighted by Crippen LogP contribution is 2.28. The second-order valence-electron chi connectivity index (χ2n) is 6.25. The zero-order valence-electron chi connectivity index (χ0n) is 13.6. The Morgan fingerprint density at radius 2 is 2.33 bits per heavy atom. The van der Waals surface area contributed by atoms with E-state index in [2.05, 4.69) is 5.32 Å². The van der Waals surface area contributed by atoms with E-state index in [1.165, 1.54) is 23.1 Å². The van der Waals surface area contributed by atoms with Crippen LogP contribution in [-0.4, -0.2) is 49.6 Å². The molecule has 0 unspecified atom stereocenters. The molecule has 0 spiro atoms. The Kier molecular flexibility index (Phi) is 4.99. The molecule has 2 aliphatic rings. The van der Waals surface area contributed by atoms with Crippen LogP contribution in [0.2, 0.25) is 0 Å². The summed E-state index contributed by atoms with van der Waals surface area (Å²) in [6, 6.07) is 4.00. The van der Waals surface area contributed by atoms with Crippen LogP contribution in [0, 0.1) is 11.7 Å². The van der Waals surface area contributed by atoms with Crippen molar-refractivity contribution in [2.75, 3.05) is 32.1 Å². The van der Waals surface area contributed by atoms with Gasteiger partial charge in [-0.05, 0) is 25.0 Å². The molecular formula is C17H21FN2O4. The molecule has 1 N–H and O–H groups in total. The number of halogens is 1. The van der Waals surface area contributed by atoms with Crippen molar-refractivity contribution in [3.8, 4) is 5.75 Å². The summed E-state index contributed by atoms with van der Waals surface area (Å²) < 4.78 is 24.7. The molecule has 0 aromatic heterocycles. The Bertz CT molecular complexity index is 631. The van der Waals surface area contributed by atoms with Crippen molar-refractivity contribution in [1.82, 2.24) is 4.90 Å². The fourth-order valence-corrected chi connectivity index (χ4v) is 2.96. The topological polar surface area (TPSA) is 67.9 Å². The van der Waals surface area contributed by atoms with Gasteiger partial charge >= 0.3 is 0 Å². The van der Waals surface area contributed by atoms with E-state index in [0.717, 1.165) is 19.4 Å². The van der Waals surface area contributed by atoms with Gasteiger partial charge in [-0.2, -0.15) is 0 Å². The number of amides is 2. The van der Waals surface area contributed by atoms with Crippen LogP contribution in [-0.2, 0) is 14.3 Å². The molecule has 2 aliphatic heterocycles. The molecule has 130 valence electrons. The van der Waals surface area contributed by atoms with Crippen molar-refractivity contribution in [1.29, 1.82) is 0 Å². The molecule has 24 heavy (non-hydrogen) atoms. The fourth-order valence-electron chi connectivity index (χ4n) is 2.96. The van der Waals surface area contributed by atoms with Gasteiger partial charge in [0.05, 0.1) is 17.7 Å². The Hall–Kier alpha value is -2.15. The van der Waals surface area contributed by atoms with Gasteiger partial charge in [0, 0.05) is 32.7 Å². The highest BCUT2D eigenvalue weighted by atomic mass is 19.1. The summed E-state index contributed by atoms with van der Waals surface area (Å²) in [4.78, 5) is 25.4. The van der Waals surface area contributed by atoms with E-state index in [4.69, 9.17) is 9.47 Å². The molecule has 2 amide bonds. The van der Waals surface area contributed by atoms with Crippen molar-refractivity contribution in [2.24, 2.45) is 5.92 Å². The van der Waals surface area contributed by atoms with Crippen LogP contribution in [0.1, 0.15) is 19.3 Å². The van der Waals surface area contributed by atoms with E-state index >= 15 is 0 Å². The van der Waals surface area contributed by atoms with Crippen LogP contribution in [0.5, 0.6) is 5.75 Å². The molecule has 3 rings (SSSR count). The molecule has 6 nitrogen and oxygen atoms in total. The first-order chi connectivity index (χ1) is 11.5. The maximum atomic E-state index is 13.5. The van der Waals surface area contributed by atoms with Gasteiger partial charge in [-0.25, -0.2) is 4.39 Å². The molecule has 1 aromatic rings. The number of hydrogen-bond acceptors (Lipinski definition) is 4. The molecule has 2 fully saturated rings. The lowest BCUT2D eigenvalue weighted by Gasteiger charge is -2.16. The number of benzene rings is 1. The summed E-state index contributed by atoms with van der Waals surface area (Å²) in [6.45, 7) is 1.45. The highest BCUT2D eigenvalue weighted by molar-refractivity contribution is 5.98. The van der Waals surface area contributed by atoms with Crippen molar-refractivity contribution in [3.05, 3.63) is 24.0 Å². The SMILES string of the molecule is CN1C[C@@H](C(=O)Nc2cc(F)ccc2OC[C@H]2CCCO2)CC1=O.